The average Bonchev–Trinajstić information content (AvgIpc) is 3.59. The van der Waals surface area contributed by atoms with E-state index in [1.54, 1.807) is 0 Å². The quantitative estimate of drug-likeness (QED) is 0.165. The molecule has 8 aromatic rings. The maximum Gasteiger partial charge on any atom is 0.219 e. The molecule has 2 unspecified atom stereocenters. The Bertz CT molecular complexity index is 2520. The fourth-order valence-electron chi connectivity index (χ4n) is 8.51. The second-order valence-corrected chi connectivity index (χ2v) is 12.9. The SMILES string of the molecule is C=C1CC2C(CCc3nc4c(cc3-c3ccc(C)c[n+]31)c1cccc3c5ccccc5n4c31)c1ccccc1-c1cccc[n+]12. The third-order valence-electron chi connectivity index (χ3n) is 10.5. The van der Waals surface area contributed by atoms with Gasteiger partial charge >= 0.3 is 0 Å². The van der Waals surface area contributed by atoms with E-state index in [-0.39, 0.29) is 6.04 Å². The van der Waals surface area contributed by atoms with Crippen molar-refractivity contribution in [2.24, 2.45) is 0 Å². The summed E-state index contributed by atoms with van der Waals surface area (Å²) in [5.41, 5.74) is 13.5. The fraction of sp³-hybridized carbons (Fsp3) is 0.146. The number of aryl methyl sites for hydroxylation is 2. The molecule has 45 heavy (non-hydrogen) atoms. The molecule has 2 aliphatic heterocycles. The summed E-state index contributed by atoms with van der Waals surface area (Å²) < 4.78 is 7.26. The number of allylic oxidation sites excluding steroid dienone is 1. The van der Waals surface area contributed by atoms with Gasteiger partial charge in [0.05, 0.1) is 28.7 Å². The minimum atomic E-state index is 0.262. The predicted octanol–water partition coefficient (Wildman–Crippen LogP) is 8.59. The third-order valence-corrected chi connectivity index (χ3v) is 10.5. The molecular weight excluding hydrogens is 548 g/mol. The summed E-state index contributed by atoms with van der Waals surface area (Å²) >= 11 is 0. The number of aromatic nitrogens is 4. The molecule has 0 bridgehead atoms. The van der Waals surface area contributed by atoms with Gasteiger partial charge in [0.2, 0.25) is 11.4 Å². The molecule has 4 nitrogen and oxygen atoms in total. The van der Waals surface area contributed by atoms with Crippen molar-refractivity contribution in [3.63, 3.8) is 0 Å². The van der Waals surface area contributed by atoms with E-state index in [2.05, 4.69) is 136 Å². The Hall–Kier alpha value is -5.35. The van der Waals surface area contributed by atoms with Gasteiger partial charge < -0.3 is 0 Å². The third kappa shape index (κ3) is 3.40. The van der Waals surface area contributed by atoms with Crippen LogP contribution in [0.2, 0.25) is 0 Å². The first-order valence-corrected chi connectivity index (χ1v) is 16.0. The van der Waals surface area contributed by atoms with Crippen molar-refractivity contribution in [1.82, 2.24) is 9.38 Å². The van der Waals surface area contributed by atoms with Crippen molar-refractivity contribution in [1.29, 1.82) is 0 Å². The van der Waals surface area contributed by atoms with Gasteiger partial charge in [0.1, 0.15) is 5.65 Å². The lowest BCUT2D eigenvalue weighted by Gasteiger charge is -2.31. The van der Waals surface area contributed by atoms with E-state index >= 15 is 0 Å². The Morgan fingerprint density at radius 1 is 0.778 bits per heavy atom. The van der Waals surface area contributed by atoms with Crippen LogP contribution >= 0.6 is 0 Å². The summed E-state index contributed by atoms with van der Waals surface area (Å²) in [6.45, 7) is 6.92. The molecule has 7 heterocycles. The minimum Gasteiger partial charge on any atom is -0.293 e. The van der Waals surface area contributed by atoms with Crippen LogP contribution in [0, 0.1) is 6.92 Å². The summed E-state index contributed by atoms with van der Waals surface area (Å²) in [7, 11) is 0. The van der Waals surface area contributed by atoms with Crippen LogP contribution in [0.15, 0.2) is 122 Å². The lowest BCUT2D eigenvalue weighted by molar-refractivity contribution is -0.720. The van der Waals surface area contributed by atoms with Gasteiger partial charge in [-0.1, -0.05) is 54.6 Å². The highest BCUT2D eigenvalue weighted by molar-refractivity contribution is 6.22. The van der Waals surface area contributed by atoms with Crippen LogP contribution in [0.1, 0.15) is 41.6 Å². The van der Waals surface area contributed by atoms with Gasteiger partial charge in [-0.25, -0.2) is 4.98 Å². The maximum absolute atomic E-state index is 5.63. The highest BCUT2D eigenvalue weighted by atomic mass is 15.1. The standard InChI is InChI=1S/C41H32N4/c1-25-17-20-37-34-23-33-32-14-9-13-31-29-12-5-6-16-38(29)45(40(31)32)41(33)42-35(34)19-18-30-27-10-3-4-11-28(27)36-15-7-8-21-43(36)39(30)22-26(2)44(37)24-25/h3-17,20-21,23-24,30,39H,2,18-19,22H2,1H3/q+2. The number of pyridine rings is 3. The van der Waals surface area contributed by atoms with Crippen molar-refractivity contribution in [3.8, 4) is 22.5 Å². The zero-order valence-corrected chi connectivity index (χ0v) is 25.2. The average molecular weight is 581 g/mol. The molecule has 0 saturated heterocycles. The first-order valence-electron chi connectivity index (χ1n) is 16.0. The van der Waals surface area contributed by atoms with E-state index in [1.165, 1.54) is 60.5 Å². The molecule has 0 amide bonds. The number of hydrogen-bond acceptors (Lipinski definition) is 1. The van der Waals surface area contributed by atoms with Gasteiger partial charge in [-0.05, 0) is 62.2 Å². The minimum absolute atomic E-state index is 0.262. The van der Waals surface area contributed by atoms with Crippen LogP contribution < -0.4 is 9.13 Å². The molecule has 0 N–H and O–H groups in total. The van der Waals surface area contributed by atoms with Gasteiger partial charge in [0.15, 0.2) is 24.1 Å². The normalized spacial score (nSPS) is 17.7. The summed E-state index contributed by atoms with van der Waals surface area (Å²) in [5.74, 6) is 0.337. The number of para-hydroxylation sites is 2. The molecular formula is C41H32N4+2. The van der Waals surface area contributed by atoms with Crippen molar-refractivity contribution in [2.45, 2.75) is 38.1 Å². The molecule has 3 aromatic carbocycles. The van der Waals surface area contributed by atoms with E-state index in [0.717, 1.165) is 42.0 Å². The summed E-state index contributed by atoms with van der Waals surface area (Å²) in [4.78, 5) is 5.63. The topological polar surface area (TPSA) is 25.1 Å². The zero-order valence-electron chi connectivity index (χ0n) is 25.2. The van der Waals surface area contributed by atoms with E-state index in [1.807, 2.05) is 0 Å². The number of hydrogen-bond donors (Lipinski definition) is 0. The Balaban J connectivity index is 1.27. The summed E-state index contributed by atoms with van der Waals surface area (Å²) in [6.07, 6.45) is 7.29. The van der Waals surface area contributed by atoms with E-state index < -0.39 is 0 Å². The van der Waals surface area contributed by atoms with E-state index in [9.17, 15) is 0 Å². The Morgan fingerprint density at radius 2 is 1.58 bits per heavy atom. The second kappa shape index (κ2) is 9.09. The van der Waals surface area contributed by atoms with Crippen LogP contribution in [-0.2, 0) is 6.42 Å². The van der Waals surface area contributed by atoms with Gasteiger partial charge in [-0.2, -0.15) is 9.13 Å². The highest BCUT2D eigenvalue weighted by Crippen LogP contribution is 2.45. The van der Waals surface area contributed by atoms with Crippen LogP contribution in [0.5, 0.6) is 0 Å². The van der Waals surface area contributed by atoms with Crippen LogP contribution in [-0.4, -0.2) is 9.38 Å². The van der Waals surface area contributed by atoms with Crippen LogP contribution in [0.3, 0.4) is 0 Å². The Morgan fingerprint density at radius 3 is 2.51 bits per heavy atom. The van der Waals surface area contributed by atoms with Gasteiger partial charge in [0.25, 0.3) is 0 Å². The van der Waals surface area contributed by atoms with Crippen LogP contribution in [0.25, 0.3) is 66.4 Å². The largest absolute Gasteiger partial charge is 0.293 e. The van der Waals surface area contributed by atoms with Gasteiger partial charge in [0, 0.05) is 56.8 Å². The molecule has 2 atom stereocenters. The second-order valence-electron chi connectivity index (χ2n) is 12.9. The Labute approximate surface area is 261 Å². The zero-order chi connectivity index (χ0) is 29.8. The molecule has 10 rings (SSSR count). The fourth-order valence-corrected chi connectivity index (χ4v) is 8.51. The lowest BCUT2D eigenvalue weighted by Crippen LogP contribution is -2.49. The number of fused-ring (bicyclic) bond motifs is 15. The number of benzene rings is 3. The molecule has 4 heteroatoms. The van der Waals surface area contributed by atoms with E-state index in [0.29, 0.717) is 5.92 Å². The lowest BCUT2D eigenvalue weighted by atomic mass is 9.78. The molecule has 0 fully saturated rings. The summed E-state index contributed by atoms with van der Waals surface area (Å²) in [5, 5.41) is 5.04. The molecule has 5 aromatic heterocycles. The predicted molar refractivity (Wildman–Crippen MR) is 181 cm³/mol. The molecule has 0 saturated carbocycles. The first kappa shape index (κ1) is 25.0. The van der Waals surface area contributed by atoms with E-state index in [4.69, 9.17) is 11.6 Å². The van der Waals surface area contributed by atoms with Crippen molar-refractivity contribution >= 4 is 43.9 Å². The summed E-state index contributed by atoms with van der Waals surface area (Å²) in [6, 6.07) is 38.2. The molecule has 0 aliphatic carbocycles. The first-order chi connectivity index (χ1) is 22.2. The van der Waals surface area contributed by atoms with Crippen LogP contribution in [0.4, 0.5) is 0 Å². The van der Waals surface area contributed by atoms with Gasteiger partial charge in [-0.3, -0.25) is 4.40 Å². The maximum atomic E-state index is 5.63. The number of nitrogens with zero attached hydrogens (tertiary/aromatic N) is 4. The Kier molecular flexibility index (Phi) is 5.05. The highest BCUT2D eigenvalue weighted by Gasteiger charge is 2.42. The number of rotatable bonds is 0. The van der Waals surface area contributed by atoms with Crippen molar-refractivity contribution in [3.05, 3.63) is 139 Å². The molecule has 0 spiro atoms. The molecule has 214 valence electrons. The monoisotopic (exact) mass is 580 g/mol. The van der Waals surface area contributed by atoms with Crippen molar-refractivity contribution in [2.75, 3.05) is 0 Å². The molecule has 0 radical (unpaired) electrons. The molecule has 2 aliphatic rings. The van der Waals surface area contributed by atoms with Gasteiger partial charge in [-0.15, -0.1) is 0 Å². The van der Waals surface area contributed by atoms with Crippen molar-refractivity contribution < 1.29 is 9.13 Å². The smallest absolute Gasteiger partial charge is 0.219 e.